The minimum absolute atomic E-state index is 0.0199. The van der Waals surface area contributed by atoms with Crippen molar-refractivity contribution >= 4 is 16.8 Å². The zero-order chi connectivity index (χ0) is 27.0. The van der Waals surface area contributed by atoms with Crippen LogP contribution >= 0.6 is 0 Å². The molecule has 1 amide bonds. The number of benzene rings is 3. The Morgan fingerprint density at radius 3 is 2.24 bits per heavy atom. The van der Waals surface area contributed by atoms with E-state index in [1.54, 1.807) is 11.0 Å². The second-order valence-electron chi connectivity index (χ2n) is 10.5. The summed E-state index contributed by atoms with van der Waals surface area (Å²) in [7, 11) is 0. The van der Waals surface area contributed by atoms with Crippen molar-refractivity contribution in [2.45, 2.75) is 52.3 Å². The van der Waals surface area contributed by atoms with Crippen LogP contribution in [0.15, 0.2) is 66.7 Å². The van der Waals surface area contributed by atoms with Crippen LogP contribution in [-0.4, -0.2) is 22.3 Å². The van der Waals surface area contributed by atoms with Gasteiger partial charge in [0.1, 0.15) is 5.82 Å². The van der Waals surface area contributed by atoms with E-state index >= 15 is 0 Å². The second-order valence-corrected chi connectivity index (χ2v) is 10.5. The molecule has 4 aromatic rings. The number of fused-ring (bicyclic) bond motifs is 1. The number of alkyl halides is 3. The predicted octanol–water partition coefficient (Wildman–Crippen LogP) is 7.82. The molecule has 0 aliphatic heterocycles. The first-order chi connectivity index (χ1) is 17.3. The van der Waals surface area contributed by atoms with Gasteiger partial charge in [-0.05, 0) is 59.7 Å². The molecule has 1 N–H and O–H groups in total. The number of aromatic amines is 1. The van der Waals surface area contributed by atoms with Gasteiger partial charge in [0.25, 0.3) is 5.91 Å². The third-order valence-corrected chi connectivity index (χ3v) is 6.51. The van der Waals surface area contributed by atoms with Gasteiger partial charge in [0.15, 0.2) is 0 Å². The lowest BCUT2D eigenvalue weighted by molar-refractivity contribution is -0.140. The van der Waals surface area contributed by atoms with E-state index in [0.717, 1.165) is 39.9 Å². The van der Waals surface area contributed by atoms with Gasteiger partial charge in [-0.1, -0.05) is 63.2 Å². The summed E-state index contributed by atoms with van der Waals surface area (Å²) in [6, 6.07) is 18.4. The Labute approximate surface area is 214 Å². The van der Waals surface area contributed by atoms with Crippen molar-refractivity contribution in [3.8, 4) is 0 Å². The first kappa shape index (κ1) is 26.5. The number of hydrogen-bond acceptors (Lipinski definition) is 1. The fraction of sp³-hybridized carbons (Fsp3) is 0.300. The maximum atomic E-state index is 13.8. The van der Waals surface area contributed by atoms with Crippen molar-refractivity contribution in [2.24, 2.45) is 0 Å². The Morgan fingerprint density at radius 1 is 0.919 bits per heavy atom. The minimum atomic E-state index is -4.79. The van der Waals surface area contributed by atoms with Crippen molar-refractivity contribution in [1.82, 2.24) is 9.88 Å². The Balaban J connectivity index is 1.65. The standard InChI is InChI=1S/C30H30F4N2O/c1-19-16-22-6-5-7-24(27(22)35-19)28(37)36(18-21-8-11-23(12-9-21)29(2,3)4)15-14-20-10-13-26(31)25(17-20)30(32,33)34/h5-13,16-17,35H,14-15,18H2,1-4H3. The van der Waals surface area contributed by atoms with Crippen LogP contribution in [0.5, 0.6) is 0 Å². The molecular formula is C30H30F4N2O. The zero-order valence-electron chi connectivity index (χ0n) is 21.3. The van der Waals surface area contributed by atoms with Crippen molar-refractivity contribution < 1.29 is 22.4 Å². The first-order valence-electron chi connectivity index (χ1n) is 12.2. The number of amides is 1. The number of nitrogens with zero attached hydrogens (tertiary/aromatic N) is 1. The van der Waals surface area contributed by atoms with E-state index < -0.39 is 17.6 Å². The van der Waals surface area contributed by atoms with Crippen LogP contribution in [0.4, 0.5) is 17.6 Å². The molecule has 0 unspecified atom stereocenters. The average Bonchev–Trinajstić information content (AvgIpc) is 3.21. The van der Waals surface area contributed by atoms with Gasteiger partial charge >= 0.3 is 6.18 Å². The summed E-state index contributed by atoms with van der Waals surface area (Å²) in [5.74, 6) is -1.54. The van der Waals surface area contributed by atoms with E-state index in [9.17, 15) is 22.4 Å². The summed E-state index contributed by atoms with van der Waals surface area (Å²) in [5, 5.41) is 0.909. The topological polar surface area (TPSA) is 36.1 Å². The third kappa shape index (κ3) is 6.04. The number of nitrogens with one attached hydrogen (secondary N) is 1. The second kappa shape index (κ2) is 10.0. The van der Waals surface area contributed by atoms with Crippen molar-refractivity contribution in [3.63, 3.8) is 0 Å². The first-order valence-corrected chi connectivity index (χ1v) is 12.2. The van der Waals surface area contributed by atoms with Crippen LogP contribution in [-0.2, 0) is 24.6 Å². The van der Waals surface area contributed by atoms with E-state index in [4.69, 9.17) is 0 Å². The van der Waals surface area contributed by atoms with Gasteiger partial charge < -0.3 is 9.88 Å². The lowest BCUT2D eigenvalue weighted by atomic mass is 9.87. The number of aryl methyl sites for hydroxylation is 1. The predicted molar refractivity (Wildman–Crippen MR) is 138 cm³/mol. The summed E-state index contributed by atoms with van der Waals surface area (Å²) in [4.78, 5) is 18.6. The Kier molecular flexibility index (Phi) is 7.18. The van der Waals surface area contributed by atoms with Gasteiger partial charge in [0.2, 0.25) is 0 Å². The fourth-order valence-electron chi connectivity index (χ4n) is 4.44. The number of carbonyl (C=O) groups is 1. The molecular weight excluding hydrogens is 480 g/mol. The van der Waals surface area contributed by atoms with Gasteiger partial charge in [-0.3, -0.25) is 4.79 Å². The number of rotatable bonds is 6. The van der Waals surface area contributed by atoms with Crippen LogP contribution in [0.2, 0.25) is 0 Å². The number of para-hydroxylation sites is 1. The molecule has 7 heteroatoms. The van der Waals surface area contributed by atoms with E-state index in [2.05, 4.69) is 25.8 Å². The number of aromatic nitrogens is 1. The Morgan fingerprint density at radius 2 is 1.59 bits per heavy atom. The Hall–Kier alpha value is -3.61. The molecule has 3 aromatic carbocycles. The highest BCUT2D eigenvalue weighted by Crippen LogP contribution is 2.32. The summed E-state index contributed by atoms with van der Waals surface area (Å²) in [6.07, 6.45) is -4.64. The SMILES string of the molecule is Cc1cc2cccc(C(=O)N(CCc3ccc(F)c(C(F)(F)F)c3)Cc3ccc(C(C)(C)C)cc3)c2[nH]1. The monoisotopic (exact) mass is 510 g/mol. The van der Waals surface area contributed by atoms with Crippen LogP contribution in [0.1, 0.15) is 59.1 Å². The normalized spacial score (nSPS) is 12.2. The molecule has 0 aliphatic carbocycles. The molecule has 0 saturated heterocycles. The molecule has 37 heavy (non-hydrogen) atoms. The van der Waals surface area contributed by atoms with Gasteiger partial charge in [0, 0.05) is 24.2 Å². The number of H-pyrrole nitrogens is 1. The molecule has 0 bridgehead atoms. The van der Waals surface area contributed by atoms with E-state index in [0.29, 0.717) is 11.1 Å². The molecule has 0 aliphatic rings. The maximum absolute atomic E-state index is 13.8. The number of carbonyl (C=O) groups excluding carboxylic acids is 1. The lowest BCUT2D eigenvalue weighted by Crippen LogP contribution is -2.32. The molecule has 1 aromatic heterocycles. The smallest absolute Gasteiger partial charge is 0.358 e. The van der Waals surface area contributed by atoms with Crippen LogP contribution in [0.25, 0.3) is 10.9 Å². The van der Waals surface area contributed by atoms with Gasteiger partial charge in [0.05, 0.1) is 16.6 Å². The quantitative estimate of drug-likeness (QED) is 0.264. The highest BCUT2D eigenvalue weighted by atomic mass is 19.4. The Bertz CT molecular complexity index is 1410. The van der Waals surface area contributed by atoms with E-state index in [1.165, 1.54) is 6.07 Å². The highest BCUT2D eigenvalue weighted by molar-refractivity contribution is 6.05. The summed E-state index contributed by atoms with van der Waals surface area (Å²) in [5.41, 5.74) is 3.19. The molecule has 4 rings (SSSR count). The van der Waals surface area contributed by atoms with Crippen LogP contribution < -0.4 is 0 Å². The zero-order valence-corrected chi connectivity index (χ0v) is 21.3. The molecule has 1 heterocycles. The minimum Gasteiger partial charge on any atom is -0.358 e. The number of halogens is 4. The molecule has 0 saturated carbocycles. The highest BCUT2D eigenvalue weighted by Gasteiger charge is 2.34. The van der Waals surface area contributed by atoms with Gasteiger partial charge in [-0.25, -0.2) is 4.39 Å². The average molecular weight is 511 g/mol. The van der Waals surface area contributed by atoms with Crippen LogP contribution in [0.3, 0.4) is 0 Å². The van der Waals surface area contributed by atoms with Crippen LogP contribution in [0, 0.1) is 12.7 Å². The summed E-state index contributed by atoms with van der Waals surface area (Å²) >= 11 is 0. The molecule has 194 valence electrons. The molecule has 0 radical (unpaired) electrons. The van der Waals surface area contributed by atoms with E-state index in [-0.39, 0.29) is 30.8 Å². The molecule has 0 spiro atoms. The van der Waals surface area contributed by atoms with Crippen molar-refractivity contribution in [3.05, 3.63) is 106 Å². The molecule has 0 atom stereocenters. The summed E-state index contributed by atoms with van der Waals surface area (Å²) < 4.78 is 53.5. The largest absolute Gasteiger partial charge is 0.419 e. The number of hydrogen-bond donors (Lipinski definition) is 1. The van der Waals surface area contributed by atoms with Gasteiger partial charge in [-0.2, -0.15) is 13.2 Å². The summed E-state index contributed by atoms with van der Waals surface area (Å²) in [6.45, 7) is 8.72. The van der Waals surface area contributed by atoms with Gasteiger partial charge in [-0.15, -0.1) is 0 Å². The molecule has 0 fully saturated rings. The third-order valence-electron chi connectivity index (χ3n) is 6.51. The lowest BCUT2D eigenvalue weighted by Gasteiger charge is -2.25. The van der Waals surface area contributed by atoms with Crippen molar-refractivity contribution in [2.75, 3.05) is 6.54 Å². The van der Waals surface area contributed by atoms with Crippen molar-refractivity contribution in [1.29, 1.82) is 0 Å². The van der Waals surface area contributed by atoms with E-state index in [1.807, 2.05) is 49.4 Å². The maximum Gasteiger partial charge on any atom is 0.419 e. The fourth-order valence-corrected chi connectivity index (χ4v) is 4.44. The molecule has 3 nitrogen and oxygen atoms in total.